The lowest BCUT2D eigenvalue weighted by molar-refractivity contribution is 0.0938. The highest BCUT2D eigenvalue weighted by atomic mass is 35.5. The predicted molar refractivity (Wildman–Crippen MR) is 113 cm³/mol. The number of carbonyl (C=O) groups excluding carboxylic acids is 1. The summed E-state index contributed by atoms with van der Waals surface area (Å²) in [5, 5.41) is 7.68. The summed E-state index contributed by atoms with van der Waals surface area (Å²) in [5.41, 5.74) is 0.979. The molecule has 3 aromatic rings. The molecule has 29 heavy (non-hydrogen) atoms. The van der Waals surface area contributed by atoms with Crippen LogP contribution in [0.1, 0.15) is 48.9 Å². The van der Waals surface area contributed by atoms with Gasteiger partial charge in [0.15, 0.2) is 0 Å². The maximum absolute atomic E-state index is 13.2. The van der Waals surface area contributed by atoms with Gasteiger partial charge in [0.1, 0.15) is 5.65 Å². The van der Waals surface area contributed by atoms with Crippen molar-refractivity contribution in [3.8, 4) is 5.95 Å². The van der Waals surface area contributed by atoms with Crippen LogP contribution in [0.3, 0.4) is 0 Å². The average Bonchev–Trinajstić information content (AvgIpc) is 2.99. The van der Waals surface area contributed by atoms with Crippen LogP contribution in [-0.4, -0.2) is 44.6 Å². The Balaban J connectivity index is 1.66. The number of halogens is 1. The van der Waals surface area contributed by atoms with E-state index in [1.807, 2.05) is 7.05 Å². The second kappa shape index (κ2) is 8.47. The lowest BCUT2D eigenvalue weighted by atomic mass is 9.90. The van der Waals surface area contributed by atoms with E-state index in [2.05, 4.69) is 25.6 Å². The van der Waals surface area contributed by atoms with Crippen LogP contribution in [0.5, 0.6) is 0 Å². The van der Waals surface area contributed by atoms with E-state index in [1.54, 1.807) is 41.5 Å². The number of hydrogen-bond donors (Lipinski definition) is 2. The number of fused-ring (bicyclic) bond motifs is 1. The normalized spacial score (nSPS) is 16.5. The molecule has 0 atom stereocenters. The Hall–Kier alpha value is -2.51. The number of pyridine rings is 1. The van der Waals surface area contributed by atoms with Gasteiger partial charge in [-0.05, 0) is 32.0 Å². The maximum Gasteiger partial charge on any atom is 0.253 e. The largest absolute Gasteiger partial charge is 0.350 e. The molecule has 3 aromatic heterocycles. The van der Waals surface area contributed by atoms with Gasteiger partial charge >= 0.3 is 0 Å². The third kappa shape index (κ3) is 3.97. The molecule has 1 saturated carbocycles. The molecule has 1 aliphatic rings. The second-order valence-corrected chi connectivity index (χ2v) is 7.99. The molecule has 0 aromatic carbocycles. The van der Waals surface area contributed by atoms with Gasteiger partial charge in [0.25, 0.3) is 5.91 Å². The Bertz CT molecular complexity index is 995. The van der Waals surface area contributed by atoms with E-state index in [4.69, 9.17) is 11.6 Å². The van der Waals surface area contributed by atoms with Crippen LogP contribution in [0.25, 0.3) is 17.0 Å². The van der Waals surface area contributed by atoms with Crippen molar-refractivity contribution in [3.63, 3.8) is 0 Å². The van der Waals surface area contributed by atoms with Crippen molar-refractivity contribution in [2.75, 3.05) is 13.6 Å². The van der Waals surface area contributed by atoms with Gasteiger partial charge in [-0.25, -0.2) is 15.0 Å². The summed E-state index contributed by atoms with van der Waals surface area (Å²) in [4.78, 5) is 26.1. The molecule has 0 saturated heterocycles. The highest BCUT2D eigenvalue weighted by molar-refractivity contribution is 6.36. The summed E-state index contributed by atoms with van der Waals surface area (Å²) < 4.78 is 1.70. The fourth-order valence-electron chi connectivity index (χ4n) is 4.12. The van der Waals surface area contributed by atoms with E-state index in [-0.39, 0.29) is 11.4 Å². The Labute approximate surface area is 174 Å². The zero-order valence-corrected chi connectivity index (χ0v) is 17.2. The standard InChI is InChI=1S/C21H25ClN6O/c1-23-21(8-4-2-3-5-9-21)14-27-19(29)15-13-28(20-25-10-6-11-26-20)18-17(15)16(22)7-12-24-18/h6-7,10-13,23H,2-5,8-9,14H2,1H3,(H,27,29). The van der Waals surface area contributed by atoms with Crippen LogP contribution in [0.2, 0.25) is 5.02 Å². The summed E-state index contributed by atoms with van der Waals surface area (Å²) in [6.07, 6.45) is 13.6. The van der Waals surface area contributed by atoms with Gasteiger partial charge in [-0.3, -0.25) is 9.36 Å². The van der Waals surface area contributed by atoms with E-state index >= 15 is 0 Å². The number of carbonyl (C=O) groups is 1. The zero-order chi connectivity index (χ0) is 20.3. The Morgan fingerprint density at radius 2 is 1.86 bits per heavy atom. The molecule has 8 heteroatoms. The van der Waals surface area contributed by atoms with Gasteiger partial charge in [-0.2, -0.15) is 0 Å². The van der Waals surface area contributed by atoms with Crippen LogP contribution >= 0.6 is 11.6 Å². The average molecular weight is 413 g/mol. The van der Waals surface area contributed by atoms with Crippen molar-refractivity contribution in [2.45, 2.75) is 44.1 Å². The third-order valence-corrected chi connectivity index (χ3v) is 6.14. The number of nitrogens with one attached hydrogen (secondary N) is 2. The summed E-state index contributed by atoms with van der Waals surface area (Å²) in [7, 11) is 1.98. The van der Waals surface area contributed by atoms with Gasteiger partial charge in [0.2, 0.25) is 5.95 Å². The first-order valence-electron chi connectivity index (χ1n) is 10.0. The number of amides is 1. The Morgan fingerprint density at radius 1 is 1.14 bits per heavy atom. The molecule has 0 aliphatic heterocycles. The highest BCUT2D eigenvalue weighted by Gasteiger charge is 2.30. The van der Waals surface area contributed by atoms with E-state index < -0.39 is 0 Å². The van der Waals surface area contributed by atoms with Crippen LogP contribution in [-0.2, 0) is 0 Å². The SMILES string of the molecule is CNC1(CNC(=O)c2cn(-c3ncccn3)c3nccc(Cl)c23)CCCCCC1. The molecule has 1 fully saturated rings. The van der Waals surface area contributed by atoms with Gasteiger partial charge in [0.05, 0.1) is 16.0 Å². The number of aromatic nitrogens is 4. The first kappa shape index (κ1) is 19.8. The van der Waals surface area contributed by atoms with Crippen molar-refractivity contribution in [1.82, 2.24) is 30.2 Å². The molecule has 1 aliphatic carbocycles. The summed E-state index contributed by atoms with van der Waals surface area (Å²) in [5.74, 6) is 0.278. The molecule has 0 bridgehead atoms. The molecule has 0 unspecified atom stereocenters. The second-order valence-electron chi connectivity index (χ2n) is 7.58. The molecule has 4 rings (SSSR count). The van der Waals surface area contributed by atoms with Gasteiger partial charge in [-0.1, -0.05) is 37.3 Å². The first-order valence-corrected chi connectivity index (χ1v) is 10.4. The molecule has 3 heterocycles. The molecule has 2 N–H and O–H groups in total. The minimum absolute atomic E-state index is 0.0604. The number of hydrogen-bond acceptors (Lipinski definition) is 5. The van der Waals surface area contributed by atoms with Gasteiger partial charge < -0.3 is 10.6 Å². The molecule has 0 radical (unpaired) electrons. The number of likely N-dealkylation sites (N-methyl/N-ethyl adjacent to an activating group) is 1. The van der Waals surface area contributed by atoms with Crippen molar-refractivity contribution in [2.24, 2.45) is 0 Å². The van der Waals surface area contributed by atoms with E-state index in [1.165, 1.54) is 25.7 Å². The Morgan fingerprint density at radius 3 is 2.55 bits per heavy atom. The van der Waals surface area contributed by atoms with Crippen molar-refractivity contribution < 1.29 is 4.79 Å². The third-order valence-electron chi connectivity index (χ3n) is 5.83. The minimum Gasteiger partial charge on any atom is -0.350 e. The molecule has 152 valence electrons. The molecule has 0 spiro atoms. The fraction of sp³-hybridized carbons (Fsp3) is 0.429. The first-order chi connectivity index (χ1) is 14.1. The van der Waals surface area contributed by atoms with Crippen LogP contribution in [0.4, 0.5) is 0 Å². The Kier molecular flexibility index (Phi) is 5.78. The van der Waals surface area contributed by atoms with Crippen molar-refractivity contribution in [1.29, 1.82) is 0 Å². The van der Waals surface area contributed by atoms with Gasteiger partial charge in [-0.15, -0.1) is 0 Å². The summed E-state index contributed by atoms with van der Waals surface area (Å²) in [6.45, 7) is 0.578. The maximum atomic E-state index is 13.2. The molecule has 1 amide bonds. The van der Waals surface area contributed by atoms with Crippen molar-refractivity contribution >= 4 is 28.5 Å². The van der Waals surface area contributed by atoms with E-state index in [0.29, 0.717) is 34.1 Å². The van der Waals surface area contributed by atoms with E-state index in [9.17, 15) is 4.79 Å². The van der Waals surface area contributed by atoms with Gasteiger partial charge in [0, 0.05) is 36.9 Å². The fourth-order valence-corrected chi connectivity index (χ4v) is 4.36. The number of rotatable bonds is 5. The predicted octanol–water partition coefficient (Wildman–Crippen LogP) is 3.51. The molecular weight excluding hydrogens is 388 g/mol. The monoisotopic (exact) mass is 412 g/mol. The lowest BCUT2D eigenvalue weighted by Gasteiger charge is -2.32. The highest BCUT2D eigenvalue weighted by Crippen LogP contribution is 2.29. The summed E-state index contributed by atoms with van der Waals surface area (Å²) >= 11 is 6.45. The smallest absolute Gasteiger partial charge is 0.253 e. The zero-order valence-electron chi connectivity index (χ0n) is 16.5. The molecule has 7 nitrogen and oxygen atoms in total. The van der Waals surface area contributed by atoms with Crippen LogP contribution in [0, 0.1) is 0 Å². The quantitative estimate of drug-likeness (QED) is 0.626. The lowest BCUT2D eigenvalue weighted by Crippen LogP contribution is -2.51. The molecular formula is C21H25ClN6O. The summed E-state index contributed by atoms with van der Waals surface area (Å²) in [6, 6.07) is 3.43. The number of nitrogens with zero attached hydrogens (tertiary/aromatic N) is 4. The van der Waals surface area contributed by atoms with E-state index in [0.717, 1.165) is 12.8 Å². The van der Waals surface area contributed by atoms with Crippen LogP contribution < -0.4 is 10.6 Å². The van der Waals surface area contributed by atoms with Crippen LogP contribution in [0.15, 0.2) is 36.9 Å². The van der Waals surface area contributed by atoms with Crippen molar-refractivity contribution in [3.05, 3.63) is 47.5 Å². The topological polar surface area (TPSA) is 84.7 Å². The minimum atomic E-state index is -0.168.